The Bertz CT molecular complexity index is 1680. The van der Waals surface area contributed by atoms with Crippen LogP contribution in [0.3, 0.4) is 0 Å². The number of benzene rings is 2. The second-order valence-electron chi connectivity index (χ2n) is 14.5. The molecule has 9 nitrogen and oxygen atoms in total. The standard InChI is InChI=1S/C42H55N5O4S/c1-5-6-7-8-9-25-51-35-17-15-32(16-18-35)34-29-44-39(45-30-34)33-13-11-31(12-14-33)28-36(40(48)43-21-10-22-47-23-26-50-27-24-47)46-41(49)37-19-20-38(52-37)42(2,3)4/h11-20,29-30,36H,5-10,21-28H2,1-4H3,(H,43,48)(H,46,49). The molecule has 0 radical (unpaired) electrons. The van der Waals surface area contributed by atoms with E-state index in [9.17, 15) is 9.59 Å². The fraction of sp³-hybridized carbons (Fsp3) is 0.476. The van der Waals surface area contributed by atoms with Gasteiger partial charge in [-0.1, -0.05) is 89.8 Å². The van der Waals surface area contributed by atoms with Crippen molar-refractivity contribution >= 4 is 23.2 Å². The van der Waals surface area contributed by atoms with Gasteiger partial charge in [-0.15, -0.1) is 11.3 Å². The molecule has 5 rings (SSSR count). The van der Waals surface area contributed by atoms with Crippen molar-refractivity contribution in [3.8, 4) is 28.3 Å². The van der Waals surface area contributed by atoms with Crippen molar-refractivity contribution in [1.82, 2.24) is 25.5 Å². The Kier molecular flexibility index (Phi) is 14.8. The van der Waals surface area contributed by atoms with Crippen LogP contribution in [0.15, 0.2) is 73.1 Å². The molecule has 1 fully saturated rings. The van der Waals surface area contributed by atoms with E-state index in [2.05, 4.69) is 53.2 Å². The van der Waals surface area contributed by atoms with E-state index in [1.54, 1.807) is 0 Å². The predicted octanol–water partition coefficient (Wildman–Crippen LogP) is 7.70. The number of carbonyl (C=O) groups is 2. The molecule has 3 heterocycles. The number of ether oxygens (including phenoxy) is 2. The average Bonchev–Trinajstić information content (AvgIpc) is 3.68. The maximum absolute atomic E-state index is 13.5. The lowest BCUT2D eigenvalue weighted by molar-refractivity contribution is -0.123. The van der Waals surface area contributed by atoms with E-state index in [4.69, 9.17) is 9.47 Å². The Labute approximate surface area is 313 Å². The molecule has 4 aromatic rings. The molecule has 1 aliphatic rings. The molecule has 10 heteroatoms. The van der Waals surface area contributed by atoms with Crippen molar-refractivity contribution in [2.45, 2.75) is 84.1 Å². The third kappa shape index (κ3) is 12.0. The number of thiophene rings is 1. The van der Waals surface area contributed by atoms with Crippen LogP contribution in [-0.2, 0) is 21.4 Å². The molecule has 2 aromatic carbocycles. The van der Waals surface area contributed by atoms with Crippen LogP contribution in [0.5, 0.6) is 5.75 Å². The summed E-state index contributed by atoms with van der Waals surface area (Å²) in [6, 6.07) is 19.1. The van der Waals surface area contributed by atoms with Crippen molar-refractivity contribution in [2.24, 2.45) is 0 Å². The molecule has 1 unspecified atom stereocenters. The molecule has 278 valence electrons. The number of rotatable bonds is 18. The molecule has 52 heavy (non-hydrogen) atoms. The van der Waals surface area contributed by atoms with Crippen LogP contribution < -0.4 is 15.4 Å². The van der Waals surface area contributed by atoms with Crippen LogP contribution >= 0.6 is 11.3 Å². The van der Waals surface area contributed by atoms with Crippen LogP contribution in [-0.4, -0.2) is 78.7 Å². The van der Waals surface area contributed by atoms with Gasteiger partial charge in [-0.3, -0.25) is 14.5 Å². The van der Waals surface area contributed by atoms with Gasteiger partial charge in [-0.25, -0.2) is 9.97 Å². The topological polar surface area (TPSA) is 106 Å². The van der Waals surface area contributed by atoms with Gasteiger partial charge in [-0.05, 0) is 60.2 Å². The summed E-state index contributed by atoms with van der Waals surface area (Å²) in [5.41, 5.74) is 3.71. The van der Waals surface area contributed by atoms with Crippen molar-refractivity contribution in [2.75, 3.05) is 46.0 Å². The monoisotopic (exact) mass is 725 g/mol. The first kappa shape index (κ1) is 39.1. The highest BCUT2D eigenvalue weighted by Crippen LogP contribution is 2.29. The van der Waals surface area contributed by atoms with Gasteiger partial charge in [0.25, 0.3) is 5.91 Å². The maximum Gasteiger partial charge on any atom is 0.262 e. The highest BCUT2D eigenvalue weighted by molar-refractivity contribution is 7.14. The fourth-order valence-corrected chi connectivity index (χ4v) is 7.02. The summed E-state index contributed by atoms with van der Waals surface area (Å²) in [6.45, 7) is 14.1. The van der Waals surface area contributed by atoms with Crippen LogP contribution in [0.4, 0.5) is 0 Å². The van der Waals surface area contributed by atoms with E-state index in [1.165, 1.54) is 37.0 Å². The van der Waals surface area contributed by atoms with E-state index in [0.29, 0.717) is 23.7 Å². The second kappa shape index (κ2) is 19.6. The molecule has 2 aromatic heterocycles. The summed E-state index contributed by atoms with van der Waals surface area (Å²) in [4.78, 5) is 40.2. The average molecular weight is 726 g/mol. The Balaban J connectivity index is 1.18. The number of nitrogens with zero attached hydrogens (tertiary/aromatic N) is 3. The van der Waals surface area contributed by atoms with Crippen LogP contribution in [0, 0.1) is 0 Å². The quantitative estimate of drug-likeness (QED) is 0.101. The Morgan fingerprint density at radius 3 is 2.23 bits per heavy atom. The summed E-state index contributed by atoms with van der Waals surface area (Å²) in [7, 11) is 0. The number of aromatic nitrogens is 2. The van der Waals surface area contributed by atoms with Gasteiger partial charge >= 0.3 is 0 Å². The van der Waals surface area contributed by atoms with E-state index >= 15 is 0 Å². The zero-order chi connectivity index (χ0) is 36.8. The molecule has 1 aliphatic heterocycles. The number of hydrogen-bond acceptors (Lipinski definition) is 8. The predicted molar refractivity (Wildman–Crippen MR) is 210 cm³/mol. The second-order valence-corrected chi connectivity index (χ2v) is 15.6. The third-order valence-electron chi connectivity index (χ3n) is 9.25. The summed E-state index contributed by atoms with van der Waals surface area (Å²) in [6.07, 6.45) is 11.0. The maximum atomic E-state index is 13.5. The van der Waals surface area contributed by atoms with Gasteiger partial charge in [0.05, 0.1) is 24.7 Å². The highest BCUT2D eigenvalue weighted by atomic mass is 32.1. The number of morpholine rings is 1. The molecule has 0 bridgehead atoms. The summed E-state index contributed by atoms with van der Waals surface area (Å²) in [5.74, 6) is 1.07. The Morgan fingerprint density at radius 1 is 0.865 bits per heavy atom. The van der Waals surface area contributed by atoms with Crippen LogP contribution in [0.2, 0.25) is 0 Å². The normalized spacial score (nSPS) is 14.2. The smallest absolute Gasteiger partial charge is 0.262 e. The minimum Gasteiger partial charge on any atom is -0.494 e. The number of amides is 2. The van der Waals surface area contributed by atoms with Gasteiger partial charge < -0.3 is 20.1 Å². The molecular weight excluding hydrogens is 671 g/mol. The molecule has 0 saturated carbocycles. The first-order valence-electron chi connectivity index (χ1n) is 18.8. The Hall–Kier alpha value is -4.12. The minimum absolute atomic E-state index is 0.0556. The molecule has 0 aliphatic carbocycles. The molecule has 2 amide bonds. The van der Waals surface area contributed by atoms with Crippen LogP contribution in [0.25, 0.3) is 22.5 Å². The first-order chi connectivity index (χ1) is 25.2. The fourth-order valence-electron chi connectivity index (χ4n) is 6.05. The molecule has 2 N–H and O–H groups in total. The number of carbonyl (C=O) groups excluding carboxylic acids is 2. The number of nitrogens with one attached hydrogen (secondary N) is 2. The van der Waals surface area contributed by atoms with E-state index < -0.39 is 6.04 Å². The first-order valence-corrected chi connectivity index (χ1v) is 19.6. The molecule has 1 saturated heterocycles. The third-order valence-corrected chi connectivity index (χ3v) is 10.8. The van der Waals surface area contributed by atoms with Gasteiger partial charge in [0.15, 0.2) is 5.82 Å². The zero-order valence-electron chi connectivity index (χ0n) is 31.3. The number of unbranched alkanes of at least 4 members (excludes halogenated alkanes) is 4. The van der Waals surface area contributed by atoms with Gasteiger partial charge in [0.2, 0.25) is 5.91 Å². The lowest BCUT2D eigenvalue weighted by Gasteiger charge is -2.26. The summed E-state index contributed by atoms with van der Waals surface area (Å²) >= 11 is 1.47. The van der Waals surface area contributed by atoms with E-state index in [0.717, 1.165) is 85.2 Å². The molecular formula is C42H55N5O4S. The lowest BCUT2D eigenvalue weighted by atomic mass is 9.95. The van der Waals surface area contributed by atoms with Crippen molar-refractivity contribution in [3.05, 3.63) is 88.4 Å². The molecule has 0 spiro atoms. The van der Waals surface area contributed by atoms with Crippen LogP contribution in [0.1, 0.15) is 86.3 Å². The Morgan fingerprint density at radius 2 is 1.56 bits per heavy atom. The largest absolute Gasteiger partial charge is 0.494 e. The highest BCUT2D eigenvalue weighted by Gasteiger charge is 2.24. The molecule has 1 atom stereocenters. The summed E-state index contributed by atoms with van der Waals surface area (Å²) < 4.78 is 11.4. The van der Waals surface area contributed by atoms with E-state index in [-0.39, 0.29) is 17.2 Å². The SMILES string of the molecule is CCCCCCCOc1ccc(-c2cnc(-c3ccc(CC(NC(=O)c4ccc(C(C)(C)C)s4)C(=O)NCCCN4CCOCC4)cc3)nc2)cc1. The summed E-state index contributed by atoms with van der Waals surface area (Å²) in [5, 5.41) is 6.10. The van der Waals surface area contributed by atoms with Crippen molar-refractivity contribution in [1.29, 1.82) is 0 Å². The van der Waals surface area contributed by atoms with Crippen molar-refractivity contribution < 1.29 is 19.1 Å². The van der Waals surface area contributed by atoms with Crippen molar-refractivity contribution in [3.63, 3.8) is 0 Å². The van der Waals surface area contributed by atoms with Gasteiger partial charge in [0.1, 0.15) is 11.8 Å². The van der Waals surface area contributed by atoms with Gasteiger partial charge in [-0.2, -0.15) is 0 Å². The van der Waals surface area contributed by atoms with Gasteiger partial charge in [0, 0.05) is 54.5 Å². The van der Waals surface area contributed by atoms with E-state index in [1.807, 2.05) is 73.1 Å². The number of hydrogen-bond donors (Lipinski definition) is 2. The zero-order valence-corrected chi connectivity index (χ0v) is 32.1. The lowest BCUT2D eigenvalue weighted by Crippen LogP contribution is -2.48. The minimum atomic E-state index is -0.722.